The van der Waals surface area contributed by atoms with Crippen LogP contribution in [0.5, 0.6) is 0 Å². The molecule has 1 atom stereocenters. The van der Waals surface area contributed by atoms with E-state index in [1.807, 2.05) is 23.5 Å². The number of aromatic nitrogens is 2. The number of thioether (sulfide) groups is 2. The van der Waals surface area contributed by atoms with Crippen molar-refractivity contribution in [3.05, 3.63) is 10.8 Å². The van der Waals surface area contributed by atoms with E-state index in [0.29, 0.717) is 11.1 Å². The number of nitrogens with two attached hydrogens (primary N) is 1. The van der Waals surface area contributed by atoms with Crippen molar-refractivity contribution in [3.63, 3.8) is 0 Å². The summed E-state index contributed by atoms with van der Waals surface area (Å²) in [6, 6.07) is 0. The van der Waals surface area contributed by atoms with Crippen LogP contribution in [-0.4, -0.2) is 39.0 Å². The van der Waals surface area contributed by atoms with E-state index in [2.05, 4.69) is 31.2 Å². The van der Waals surface area contributed by atoms with Gasteiger partial charge in [-0.25, -0.2) is 9.97 Å². The van der Waals surface area contributed by atoms with Gasteiger partial charge in [0.2, 0.25) is 0 Å². The first-order valence-corrected chi connectivity index (χ1v) is 7.96. The van der Waals surface area contributed by atoms with E-state index in [1.165, 1.54) is 23.6 Å². The fraction of sp³-hybridized carbons (Fsp3) is 0.556. The summed E-state index contributed by atoms with van der Waals surface area (Å²) in [6.07, 6.45) is 1.48. The zero-order chi connectivity index (χ0) is 11.4. The molecule has 1 aromatic rings. The predicted molar refractivity (Wildman–Crippen MR) is 76.2 cm³/mol. The largest absolute Gasteiger partial charge is 0.383 e. The lowest BCUT2D eigenvalue weighted by Crippen LogP contribution is -2.23. The minimum Gasteiger partial charge on any atom is -0.383 e. The summed E-state index contributed by atoms with van der Waals surface area (Å²) in [5.41, 5.74) is 5.68. The highest BCUT2D eigenvalue weighted by atomic mass is 79.9. The van der Waals surface area contributed by atoms with Crippen molar-refractivity contribution >= 4 is 51.1 Å². The smallest absolute Gasteiger partial charge is 0.145 e. The summed E-state index contributed by atoms with van der Waals surface area (Å²) in [4.78, 5) is 8.06. The zero-order valence-electron chi connectivity index (χ0n) is 8.65. The van der Waals surface area contributed by atoms with Crippen LogP contribution in [0.4, 0.5) is 11.6 Å². The minimum absolute atomic E-state index is 0.475. The van der Waals surface area contributed by atoms with Gasteiger partial charge in [0, 0.05) is 29.1 Å². The van der Waals surface area contributed by atoms with Crippen LogP contribution in [-0.2, 0) is 0 Å². The Morgan fingerprint density at radius 1 is 1.50 bits per heavy atom. The number of nitrogens with one attached hydrogen (secondary N) is 1. The van der Waals surface area contributed by atoms with Gasteiger partial charge in [0.25, 0.3) is 0 Å². The third kappa shape index (κ3) is 3.18. The molecular weight excluding hydrogens is 308 g/mol. The Kier molecular flexibility index (Phi) is 4.60. The lowest BCUT2D eigenvalue weighted by Gasteiger charge is -2.21. The molecule has 2 rings (SSSR count). The summed E-state index contributed by atoms with van der Waals surface area (Å²) >= 11 is 7.42. The number of anilines is 2. The van der Waals surface area contributed by atoms with Crippen molar-refractivity contribution in [1.29, 1.82) is 0 Å². The zero-order valence-corrected chi connectivity index (χ0v) is 11.9. The molecule has 88 valence electrons. The molecule has 0 bridgehead atoms. The Balaban J connectivity index is 1.91. The summed E-state index contributed by atoms with van der Waals surface area (Å²) in [7, 11) is 0. The van der Waals surface area contributed by atoms with Gasteiger partial charge in [-0.05, 0) is 15.9 Å². The molecule has 1 aliphatic heterocycles. The second kappa shape index (κ2) is 5.97. The minimum atomic E-state index is 0.475. The second-order valence-electron chi connectivity index (χ2n) is 3.37. The summed E-state index contributed by atoms with van der Waals surface area (Å²) in [5, 5.41) is 3.97. The molecule has 1 aliphatic rings. The first kappa shape index (κ1) is 12.3. The average molecular weight is 321 g/mol. The summed E-state index contributed by atoms with van der Waals surface area (Å²) < 4.78 is 0.753. The normalized spacial score (nSPS) is 20.7. The Labute approximate surface area is 112 Å². The molecule has 4 nitrogen and oxygen atoms in total. The maximum atomic E-state index is 5.68. The van der Waals surface area contributed by atoms with Crippen molar-refractivity contribution < 1.29 is 0 Å². The lowest BCUT2D eigenvalue weighted by atomic mass is 10.4. The Morgan fingerprint density at radius 2 is 2.38 bits per heavy atom. The van der Waals surface area contributed by atoms with Gasteiger partial charge in [-0.15, -0.1) is 0 Å². The lowest BCUT2D eigenvalue weighted by molar-refractivity contribution is 0.985. The first-order chi connectivity index (χ1) is 7.77. The topological polar surface area (TPSA) is 63.8 Å². The Hall–Kier alpha value is -0.140. The molecule has 3 N–H and O–H groups in total. The number of hydrogen-bond donors (Lipinski definition) is 2. The number of rotatable bonds is 3. The van der Waals surface area contributed by atoms with Gasteiger partial charge in [-0.3, -0.25) is 0 Å². The quantitative estimate of drug-likeness (QED) is 0.889. The maximum Gasteiger partial charge on any atom is 0.145 e. The van der Waals surface area contributed by atoms with Gasteiger partial charge in [-0.1, -0.05) is 0 Å². The molecule has 0 aliphatic carbocycles. The van der Waals surface area contributed by atoms with Crippen molar-refractivity contribution in [2.24, 2.45) is 0 Å². The van der Waals surface area contributed by atoms with E-state index >= 15 is 0 Å². The monoisotopic (exact) mass is 320 g/mol. The first-order valence-electron chi connectivity index (χ1n) is 4.96. The maximum absolute atomic E-state index is 5.68. The molecule has 0 saturated carbocycles. The molecule has 0 aromatic carbocycles. The van der Waals surface area contributed by atoms with E-state index in [4.69, 9.17) is 5.73 Å². The highest BCUT2D eigenvalue weighted by molar-refractivity contribution is 9.10. The van der Waals surface area contributed by atoms with Gasteiger partial charge in [0.15, 0.2) is 0 Å². The molecule has 0 amide bonds. The van der Waals surface area contributed by atoms with Gasteiger partial charge in [0.1, 0.15) is 22.4 Å². The standard InChI is InChI=1S/C9H13BrN4S2/c10-7-8(11)13-5-14-9(7)12-3-6-4-15-1-2-16-6/h5-6H,1-4H2,(H3,11,12,13,14). The highest BCUT2D eigenvalue weighted by Crippen LogP contribution is 2.27. The summed E-state index contributed by atoms with van der Waals surface area (Å²) in [6.45, 7) is 0.923. The number of hydrogen-bond acceptors (Lipinski definition) is 6. The number of halogens is 1. The fourth-order valence-corrected chi connectivity index (χ4v) is 4.33. The number of nitrogens with zero attached hydrogens (tertiary/aromatic N) is 2. The van der Waals surface area contributed by atoms with Crippen LogP contribution in [0.25, 0.3) is 0 Å². The van der Waals surface area contributed by atoms with Crippen LogP contribution in [0.15, 0.2) is 10.8 Å². The van der Waals surface area contributed by atoms with E-state index < -0.39 is 0 Å². The van der Waals surface area contributed by atoms with Crippen LogP contribution in [0, 0.1) is 0 Å². The third-order valence-corrected chi connectivity index (χ3v) is 5.83. The van der Waals surface area contributed by atoms with Crippen molar-refractivity contribution in [3.8, 4) is 0 Å². The van der Waals surface area contributed by atoms with Crippen molar-refractivity contribution in [2.45, 2.75) is 5.25 Å². The van der Waals surface area contributed by atoms with Crippen molar-refractivity contribution in [2.75, 3.05) is 34.9 Å². The SMILES string of the molecule is Nc1ncnc(NCC2CSCCS2)c1Br. The molecule has 16 heavy (non-hydrogen) atoms. The molecular formula is C9H13BrN4S2. The van der Waals surface area contributed by atoms with Gasteiger partial charge >= 0.3 is 0 Å². The van der Waals surface area contributed by atoms with E-state index in [0.717, 1.165) is 16.8 Å². The van der Waals surface area contributed by atoms with Gasteiger partial charge in [0.05, 0.1) is 0 Å². The van der Waals surface area contributed by atoms with Crippen molar-refractivity contribution in [1.82, 2.24) is 9.97 Å². The summed E-state index contributed by atoms with van der Waals surface area (Å²) in [5.74, 6) is 4.97. The van der Waals surface area contributed by atoms with Crippen LogP contribution in [0.3, 0.4) is 0 Å². The molecule has 0 spiro atoms. The predicted octanol–water partition coefficient (Wildman–Crippen LogP) is 2.08. The van der Waals surface area contributed by atoms with Crippen LogP contribution >= 0.6 is 39.5 Å². The second-order valence-corrected chi connectivity index (χ2v) is 6.72. The number of nitrogen functional groups attached to an aromatic ring is 1. The molecule has 1 fully saturated rings. The average Bonchev–Trinajstić information content (AvgIpc) is 2.32. The highest BCUT2D eigenvalue weighted by Gasteiger charge is 2.15. The molecule has 1 aromatic heterocycles. The molecule has 0 radical (unpaired) electrons. The van der Waals surface area contributed by atoms with Crippen LogP contribution in [0.1, 0.15) is 0 Å². The Bertz CT molecular complexity index is 357. The van der Waals surface area contributed by atoms with Gasteiger partial charge < -0.3 is 11.1 Å². The van der Waals surface area contributed by atoms with E-state index in [-0.39, 0.29) is 0 Å². The molecule has 1 unspecified atom stereocenters. The molecule has 7 heteroatoms. The van der Waals surface area contributed by atoms with Crippen LogP contribution < -0.4 is 11.1 Å². The molecule has 1 saturated heterocycles. The molecule has 2 heterocycles. The van der Waals surface area contributed by atoms with Gasteiger partial charge in [-0.2, -0.15) is 23.5 Å². The van der Waals surface area contributed by atoms with Crippen LogP contribution in [0.2, 0.25) is 0 Å². The van der Waals surface area contributed by atoms with E-state index in [1.54, 1.807) is 0 Å². The fourth-order valence-electron chi connectivity index (χ4n) is 1.37. The third-order valence-electron chi connectivity index (χ3n) is 2.20. The van der Waals surface area contributed by atoms with E-state index in [9.17, 15) is 0 Å². The Morgan fingerprint density at radius 3 is 3.12 bits per heavy atom.